The summed E-state index contributed by atoms with van der Waals surface area (Å²) in [5.74, 6) is 0.881. The number of hydrogen-bond acceptors (Lipinski definition) is 5. The minimum absolute atomic E-state index is 0.174. The smallest absolute Gasteiger partial charge is 0.248 e. The van der Waals surface area contributed by atoms with Gasteiger partial charge in [-0.25, -0.2) is 0 Å². The van der Waals surface area contributed by atoms with E-state index in [1.165, 1.54) is 23.0 Å². The minimum atomic E-state index is -0.174. The molecule has 0 bridgehead atoms. The van der Waals surface area contributed by atoms with E-state index < -0.39 is 0 Å². The van der Waals surface area contributed by atoms with E-state index >= 15 is 0 Å². The number of rotatable bonds is 4. The summed E-state index contributed by atoms with van der Waals surface area (Å²) in [5.41, 5.74) is 2.94. The third-order valence-electron chi connectivity index (χ3n) is 3.43. The van der Waals surface area contributed by atoms with Gasteiger partial charge in [-0.3, -0.25) is 4.79 Å². The summed E-state index contributed by atoms with van der Waals surface area (Å²) in [6.07, 6.45) is 3.32. The molecule has 3 aromatic rings. The third kappa shape index (κ3) is 3.78. The molecule has 3 rings (SSSR count). The maximum Gasteiger partial charge on any atom is 0.248 e. The Hall–Kier alpha value is -2.73. The Morgan fingerprint density at radius 1 is 1.21 bits per heavy atom. The van der Waals surface area contributed by atoms with Crippen molar-refractivity contribution in [1.82, 2.24) is 10.1 Å². The highest BCUT2D eigenvalue weighted by Crippen LogP contribution is 2.32. The van der Waals surface area contributed by atoms with Crippen molar-refractivity contribution >= 4 is 29.0 Å². The van der Waals surface area contributed by atoms with Crippen LogP contribution in [0, 0.1) is 20.8 Å². The van der Waals surface area contributed by atoms with Gasteiger partial charge in [0.25, 0.3) is 0 Å². The van der Waals surface area contributed by atoms with Crippen molar-refractivity contribution in [3.63, 3.8) is 0 Å². The summed E-state index contributed by atoms with van der Waals surface area (Å²) in [4.78, 5) is 18.2. The van der Waals surface area contributed by atoms with E-state index in [4.69, 9.17) is 4.52 Å². The monoisotopic (exact) mass is 339 g/mol. The van der Waals surface area contributed by atoms with E-state index in [1.807, 2.05) is 44.2 Å². The van der Waals surface area contributed by atoms with Gasteiger partial charge in [0, 0.05) is 17.9 Å². The molecule has 0 spiro atoms. The Morgan fingerprint density at radius 3 is 2.62 bits per heavy atom. The zero-order valence-electron chi connectivity index (χ0n) is 13.7. The number of hydrogen-bond donors (Lipinski definition) is 1. The number of amides is 1. The van der Waals surface area contributed by atoms with Gasteiger partial charge in [0.2, 0.25) is 17.6 Å². The molecule has 1 aromatic carbocycles. The second kappa shape index (κ2) is 6.80. The van der Waals surface area contributed by atoms with Crippen LogP contribution in [-0.2, 0) is 4.79 Å². The molecule has 0 radical (unpaired) electrons. The first-order valence-electron chi connectivity index (χ1n) is 7.48. The molecule has 0 aliphatic heterocycles. The lowest BCUT2D eigenvalue weighted by Crippen LogP contribution is -2.07. The van der Waals surface area contributed by atoms with Gasteiger partial charge in [-0.05, 0) is 31.6 Å². The molecule has 5 nitrogen and oxygen atoms in total. The van der Waals surface area contributed by atoms with Crippen LogP contribution in [0.3, 0.4) is 0 Å². The number of carbonyl (C=O) groups is 1. The molecular formula is C18H17N3O2S. The van der Waals surface area contributed by atoms with Crippen molar-refractivity contribution in [2.24, 2.45) is 0 Å². The quantitative estimate of drug-likeness (QED) is 0.717. The van der Waals surface area contributed by atoms with Gasteiger partial charge in [0.05, 0.1) is 10.6 Å². The van der Waals surface area contributed by atoms with E-state index in [0.29, 0.717) is 11.7 Å². The lowest BCUT2D eigenvalue weighted by atomic mass is 10.1. The van der Waals surface area contributed by atoms with E-state index in [2.05, 4.69) is 15.5 Å². The average Bonchev–Trinajstić information content (AvgIpc) is 3.13. The summed E-state index contributed by atoms with van der Waals surface area (Å²) < 4.78 is 4.99. The predicted octanol–water partition coefficient (Wildman–Crippen LogP) is 4.38. The van der Waals surface area contributed by atoms with E-state index in [9.17, 15) is 4.79 Å². The normalized spacial score (nSPS) is 11.1. The zero-order chi connectivity index (χ0) is 17.1. The molecule has 2 aromatic heterocycles. The molecule has 0 aliphatic rings. The summed E-state index contributed by atoms with van der Waals surface area (Å²) in [6, 6.07) is 9.85. The molecule has 0 saturated carbocycles. The molecule has 6 heteroatoms. The van der Waals surface area contributed by atoms with E-state index in [0.717, 1.165) is 21.0 Å². The Morgan fingerprint density at radius 2 is 1.96 bits per heavy atom. The Kier molecular flexibility index (Phi) is 4.57. The predicted molar refractivity (Wildman–Crippen MR) is 95.9 cm³/mol. The van der Waals surface area contributed by atoms with Gasteiger partial charge in [-0.15, -0.1) is 11.3 Å². The van der Waals surface area contributed by atoms with Crippen LogP contribution < -0.4 is 5.32 Å². The largest absolute Gasteiger partial charge is 0.339 e. The van der Waals surface area contributed by atoms with Crippen molar-refractivity contribution in [3.05, 3.63) is 58.3 Å². The van der Waals surface area contributed by atoms with Crippen LogP contribution >= 0.6 is 11.3 Å². The summed E-state index contributed by atoms with van der Waals surface area (Å²) in [6.45, 7) is 5.72. The lowest BCUT2D eigenvalue weighted by Gasteiger charge is -2.00. The van der Waals surface area contributed by atoms with Gasteiger partial charge in [-0.2, -0.15) is 4.98 Å². The van der Waals surface area contributed by atoms with Crippen molar-refractivity contribution in [2.45, 2.75) is 20.8 Å². The number of thiophene rings is 1. The topological polar surface area (TPSA) is 68.0 Å². The van der Waals surface area contributed by atoms with Gasteiger partial charge >= 0.3 is 0 Å². The van der Waals surface area contributed by atoms with Crippen LogP contribution in [0.2, 0.25) is 0 Å². The number of benzene rings is 1. The number of carbonyl (C=O) groups excluding carboxylic acids is 1. The van der Waals surface area contributed by atoms with Crippen LogP contribution in [-0.4, -0.2) is 16.0 Å². The Balaban J connectivity index is 1.70. The molecule has 2 heterocycles. The zero-order valence-corrected chi connectivity index (χ0v) is 14.5. The van der Waals surface area contributed by atoms with Crippen molar-refractivity contribution < 1.29 is 9.32 Å². The highest BCUT2D eigenvalue weighted by Gasteiger charge is 2.13. The number of anilines is 1. The summed E-state index contributed by atoms with van der Waals surface area (Å²) >= 11 is 1.52. The van der Waals surface area contributed by atoms with Crippen molar-refractivity contribution in [1.29, 1.82) is 0 Å². The first-order valence-corrected chi connectivity index (χ1v) is 8.30. The second-order valence-corrected chi connectivity index (χ2v) is 6.71. The SMILES string of the molecule is Cc1ccc(C=CC(=O)Nc2cc(-c3noc(C)n3)sc2C)cc1. The Bertz CT molecular complexity index is 891. The third-order valence-corrected chi connectivity index (χ3v) is 4.47. The first kappa shape index (κ1) is 16.1. The molecule has 0 unspecified atom stereocenters. The number of nitrogens with zero attached hydrogens (tertiary/aromatic N) is 2. The van der Waals surface area contributed by atoms with Crippen molar-refractivity contribution in [3.8, 4) is 10.7 Å². The van der Waals surface area contributed by atoms with Gasteiger partial charge in [0.1, 0.15) is 0 Å². The fraction of sp³-hybridized carbons (Fsp3) is 0.167. The molecule has 0 aliphatic carbocycles. The number of aryl methyl sites for hydroxylation is 3. The summed E-state index contributed by atoms with van der Waals surface area (Å²) in [5, 5.41) is 6.79. The molecule has 1 N–H and O–H groups in total. The molecule has 24 heavy (non-hydrogen) atoms. The highest BCUT2D eigenvalue weighted by atomic mass is 32.1. The molecule has 0 atom stereocenters. The fourth-order valence-electron chi connectivity index (χ4n) is 2.14. The maximum absolute atomic E-state index is 12.1. The Labute approximate surface area is 144 Å². The second-order valence-electron chi connectivity index (χ2n) is 5.45. The fourth-order valence-corrected chi connectivity index (χ4v) is 3.04. The molecular weight excluding hydrogens is 322 g/mol. The van der Waals surface area contributed by atoms with Crippen LogP contribution in [0.25, 0.3) is 16.8 Å². The highest BCUT2D eigenvalue weighted by molar-refractivity contribution is 7.16. The standard InChI is InChI=1S/C18H17N3O2S/c1-11-4-6-14(7-5-11)8-9-17(22)20-15-10-16(24-12(15)2)18-19-13(3)23-21-18/h4-10H,1-3H3,(H,20,22). The number of nitrogens with one attached hydrogen (secondary N) is 1. The van der Waals surface area contributed by atoms with Crippen molar-refractivity contribution in [2.75, 3.05) is 5.32 Å². The van der Waals surface area contributed by atoms with Gasteiger partial charge in [-0.1, -0.05) is 35.0 Å². The van der Waals surface area contributed by atoms with Gasteiger partial charge in [0.15, 0.2) is 0 Å². The van der Waals surface area contributed by atoms with Crippen LogP contribution in [0.15, 0.2) is 40.9 Å². The van der Waals surface area contributed by atoms with E-state index in [1.54, 1.807) is 13.0 Å². The van der Waals surface area contributed by atoms with E-state index in [-0.39, 0.29) is 5.91 Å². The maximum atomic E-state index is 12.1. The molecule has 0 saturated heterocycles. The molecule has 122 valence electrons. The van der Waals surface area contributed by atoms with Gasteiger partial charge < -0.3 is 9.84 Å². The lowest BCUT2D eigenvalue weighted by molar-refractivity contribution is -0.111. The molecule has 0 fully saturated rings. The average molecular weight is 339 g/mol. The van der Waals surface area contributed by atoms with Crippen LogP contribution in [0.1, 0.15) is 21.9 Å². The first-order chi connectivity index (χ1) is 11.5. The van der Waals surface area contributed by atoms with Crippen LogP contribution in [0.4, 0.5) is 5.69 Å². The van der Waals surface area contributed by atoms with Crippen LogP contribution in [0.5, 0.6) is 0 Å². The summed E-state index contributed by atoms with van der Waals surface area (Å²) in [7, 11) is 0. The minimum Gasteiger partial charge on any atom is -0.339 e. The number of aromatic nitrogens is 2. The molecule has 1 amide bonds.